The number of likely N-dealkylation sites (N-methyl/N-ethyl adjacent to an activating group) is 1. The molecule has 0 amide bonds. The highest BCUT2D eigenvalue weighted by Gasteiger charge is 2.71. The number of aromatic hydroxyl groups is 1. The molecular formula is C29H41F6NO3. The number of ether oxygens (including phenoxy) is 2. The molecule has 0 heterocycles. The van der Waals surface area contributed by atoms with Crippen molar-refractivity contribution in [2.75, 3.05) is 33.4 Å². The van der Waals surface area contributed by atoms with E-state index in [-0.39, 0.29) is 24.5 Å². The van der Waals surface area contributed by atoms with Crippen molar-refractivity contribution in [3.05, 3.63) is 29.3 Å². The van der Waals surface area contributed by atoms with E-state index in [1.807, 2.05) is 6.07 Å². The monoisotopic (exact) mass is 565 g/mol. The summed E-state index contributed by atoms with van der Waals surface area (Å²) in [6, 6.07) is 5.77. The Kier molecular flexibility index (Phi) is 8.89. The number of hydrogen-bond acceptors (Lipinski definition) is 4. The number of halogens is 6. The molecule has 10 heteroatoms. The number of benzene rings is 1. The number of aryl methyl sites for hydroxylation is 1. The average molecular weight is 566 g/mol. The molecule has 0 saturated heterocycles. The first-order chi connectivity index (χ1) is 18.2. The number of phenolic OH excluding ortho intramolecular Hbond substituents is 1. The molecule has 4 nitrogen and oxygen atoms in total. The van der Waals surface area contributed by atoms with Gasteiger partial charge in [0.1, 0.15) is 5.75 Å². The summed E-state index contributed by atoms with van der Waals surface area (Å²) in [6.45, 7) is 3.60. The van der Waals surface area contributed by atoms with E-state index in [9.17, 15) is 31.4 Å². The van der Waals surface area contributed by atoms with Gasteiger partial charge in [-0.2, -0.15) is 26.3 Å². The third-order valence-electron chi connectivity index (χ3n) is 9.75. The van der Waals surface area contributed by atoms with Crippen LogP contribution in [0.15, 0.2) is 18.2 Å². The van der Waals surface area contributed by atoms with Crippen LogP contribution >= 0.6 is 0 Å². The lowest BCUT2D eigenvalue weighted by atomic mass is 9.55. The molecule has 3 aliphatic carbocycles. The lowest BCUT2D eigenvalue weighted by molar-refractivity contribution is -0.383. The van der Waals surface area contributed by atoms with Crippen LogP contribution in [0.25, 0.3) is 0 Å². The van der Waals surface area contributed by atoms with Crippen LogP contribution in [0, 0.1) is 17.3 Å². The van der Waals surface area contributed by atoms with E-state index in [0.717, 1.165) is 38.5 Å². The average Bonchev–Trinajstić information content (AvgIpc) is 3.18. The van der Waals surface area contributed by atoms with E-state index in [2.05, 4.69) is 17.7 Å². The van der Waals surface area contributed by atoms with Gasteiger partial charge in [-0.05, 0) is 98.4 Å². The van der Waals surface area contributed by atoms with E-state index in [1.165, 1.54) is 18.1 Å². The predicted molar refractivity (Wildman–Crippen MR) is 136 cm³/mol. The summed E-state index contributed by atoms with van der Waals surface area (Å²) in [7, 11) is 1.65. The number of hydrogen-bond donors (Lipinski definition) is 1. The van der Waals surface area contributed by atoms with Crippen molar-refractivity contribution >= 4 is 0 Å². The molecule has 5 atom stereocenters. The quantitative estimate of drug-likeness (QED) is 0.304. The third-order valence-corrected chi connectivity index (χ3v) is 9.75. The molecule has 0 aliphatic heterocycles. The number of fused-ring (bicyclic) bond motifs is 5. The van der Waals surface area contributed by atoms with Crippen LogP contribution in [0.2, 0.25) is 0 Å². The van der Waals surface area contributed by atoms with Crippen molar-refractivity contribution in [2.45, 2.75) is 95.2 Å². The summed E-state index contributed by atoms with van der Waals surface area (Å²) in [6.07, 6.45) is -6.23. The van der Waals surface area contributed by atoms with Gasteiger partial charge >= 0.3 is 12.4 Å². The fourth-order valence-electron chi connectivity index (χ4n) is 7.66. The summed E-state index contributed by atoms with van der Waals surface area (Å²) in [5, 5.41) is 9.88. The zero-order valence-electron chi connectivity index (χ0n) is 23.0. The van der Waals surface area contributed by atoms with Crippen LogP contribution in [0.3, 0.4) is 0 Å². The predicted octanol–water partition coefficient (Wildman–Crippen LogP) is 7.25. The summed E-state index contributed by atoms with van der Waals surface area (Å²) in [4.78, 5) is 1.66. The van der Waals surface area contributed by atoms with Crippen molar-refractivity contribution < 1.29 is 40.9 Å². The second kappa shape index (κ2) is 11.4. The van der Waals surface area contributed by atoms with Gasteiger partial charge in [-0.3, -0.25) is 0 Å². The summed E-state index contributed by atoms with van der Waals surface area (Å²) >= 11 is 0. The second-order valence-electron chi connectivity index (χ2n) is 12.0. The zero-order valence-corrected chi connectivity index (χ0v) is 23.0. The van der Waals surface area contributed by atoms with Crippen LogP contribution in [0.4, 0.5) is 26.3 Å². The SMILES string of the molecule is CCCC(OCCN(C)CCO[C@H]1CC[C@H]2C3CCc4cc(O)ccc4C3CC[C@]12C)(C(F)(F)F)C(F)(F)F. The van der Waals surface area contributed by atoms with Crippen LogP contribution in [-0.4, -0.2) is 67.4 Å². The topological polar surface area (TPSA) is 41.9 Å². The van der Waals surface area contributed by atoms with Gasteiger partial charge in [-0.25, -0.2) is 0 Å². The minimum absolute atomic E-state index is 0.0520. The van der Waals surface area contributed by atoms with E-state index in [0.29, 0.717) is 36.7 Å². The first-order valence-corrected chi connectivity index (χ1v) is 14.1. The van der Waals surface area contributed by atoms with E-state index < -0.39 is 31.0 Å². The van der Waals surface area contributed by atoms with Gasteiger partial charge < -0.3 is 19.5 Å². The van der Waals surface area contributed by atoms with Gasteiger partial charge in [0.05, 0.1) is 19.3 Å². The fourth-order valence-corrected chi connectivity index (χ4v) is 7.66. The Morgan fingerprint density at radius 3 is 2.36 bits per heavy atom. The molecule has 1 aromatic rings. The van der Waals surface area contributed by atoms with Gasteiger partial charge in [0.15, 0.2) is 0 Å². The molecule has 4 rings (SSSR count). The van der Waals surface area contributed by atoms with E-state index >= 15 is 0 Å². The molecule has 0 aromatic heterocycles. The largest absolute Gasteiger partial charge is 0.508 e. The van der Waals surface area contributed by atoms with Crippen molar-refractivity contribution in [3.63, 3.8) is 0 Å². The first-order valence-electron chi connectivity index (χ1n) is 14.1. The lowest BCUT2D eigenvalue weighted by Crippen LogP contribution is -2.59. The molecule has 0 spiro atoms. The molecule has 2 unspecified atom stereocenters. The van der Waals surface area contributed by atoms with Crippen molar-refractivity contribution in [3.8, 4) is 5.75 Å². The summed E-state index contributed by atoms with van der Waals surface area (Å²) in [5.74, 6) is 1.95. The highest BCUT2D eigenvalue weighted by molar-refractivity contribution is 5.40. The lowest BCUT2D eigenvalue weighted by Gasteiger charge is -2.50. The Morgan fingerprint density at radius 1 is 1.00 bits per heavy atom. The number of rotatable bonds is 10. The third kappa shape index (κ3) is 5.80. The Bertz CT molecular complexity index is 969. The molecule has 222 valence electrons. The number of alkyl halides is 6. The van der Waals surface area contributed by atoms with Gasteiger partial charge in [-0.1, -0.05) is 26.3 Å². The van der Waals surface area contributed by atoms with Crippen LogP contribution in [0.5, 0.6) is 5.75 Å². The van der Waals surface area contributed by atoms with Gasteiger partial charge in [0.2, 0.25) is 0 Å². The molecule has 2 fully saturated rings. The minimum atomic E-state index is -5.54. The van der Waals surface area contributed by atoms with E-state index in [1.54, 1.807) is 18.0 Å². The number of nitrogens with zero attached hydrogens (tertiary/aromatic N) is 1. The first kappa shape index (κ1) is 30.4. The molecule has 39 heavy (non-hydrogen) atoms. The molecule has 1 N–H and O–H groups in total. The highest BCUT2D eigenvalue weighted by Crippen LogP contribution is 2.61. The van der Waals surface area contributed by atoms with Crippen LogP contribution < -0.4 is 0 Å². The molecule has 0 bridgehead atoms. The van der Waals surface area contributed by atoms with Crippen molar-refractivity contribution in [1.82, 2.24) is 4.90 Å². The van der Waals surface area contributed by atoms with Crippen LogP contribution in [0.1, 0.15) is 75.8 Å². The second-order valence-corrected chi connectivity index (χ2v) is 12.0. The van der Waals surface area contributed by atoms with Gasteiger partial charge in [0.25, 0.3) is 5.60 Å². The highest BCUT2D eigenvalue weighted by atomic mass is 19.4. The maximum Gasteiger partial charge on any atom is 0.426 e. The number of phenols is 1. The van der Waals surface area contributed by atoms with Gasteiger partial charge in [0, 0.05) is 13.1 Å². The van der Waals surface area contributed by atoms with Crippen molar-refractivity contribution in [1.29, 1.82) is 0 Å². The van der Waals surface area contributed by atoms with Crippen molar-refractivity contribution in [2.24, 2.45) is 17.3 Å². The normalized spacial score (nSPS) is 29.3. The summed E-state index contributed by atoms with van der Waals surface area (Å²) in [5.41, 5.74) is -1.46. The maximum atomic E-state index is 13.4. The Balaban J connectivity index is 1.28. The van der Waals surface area contributed by atoms with E-state index in [4.69, 9.17) is 4.74 Å². The molecule has 1 aromatic carbocycles. The van der Waals surface area contributed by atoms with Gasteiger partial charge in [-0.15, -0.1) is 0 Å². The smallest absolute Gasteiger partial charge is 0.426 e. The summed E-state index contributed by atoms with van der Waals surface area (Å²) < 4.78 is 91.5. The molecule has 3 aliphatic rings. The fraction of sp³-hybridized carbons (Fsp3) is 0.793. The Morgan fingerprint density at radius 2 is 1.69 bits per heavy atom. The Labute approximate surface area is 227 Å². The molecule has 0 radical (unpaired) electrons. The zero-order chi connectivity index (χ0) is 28.6. The minimum Gasteiger partial charge on any atom is -0.508 e. The molecule has 2 saturated carbocycles. The standard InChI is InChI=1S/C29H41F6NO3/c1-4-12-27(28(30,31)32,29(33,34)35)39-17-15-36(3)14-16-38-25-10-9-24-23-7-5-19-18-20(37)6-8-21(19)22(23)11-13-26(24,25)2/h6,8,18,22-25,37H,4-5,7,9-17H2,1-3H3/t22?,23?,24-,25-,26-/m0/s1. The molecular weight excluding hydrogens is 524 g/mol. The Hall–Kier alpha value is -1.52. The van der Waals surface area contributed by atoms with Crippen LogP contribution in [-0.2, 0) is 15.9 Å². The maximum absolute atomic E-state index is 13.4.